The molecule has 1 nitrogen and oxygen atoms in total. The van der Waals surface area contributed by atoms with Crippen LogP contribution in [0.5, 0.6) is 0 Å². The summed E-state index contributed by atoms with van der Waals surface area (Å²) in [5.74, 6) is 0. The lowest BCUT2D eigenvalue weighted by Crippen LogP contribution is -1.86. The number of aromatic nitrogens is 1. The number of benzene rings is 1. The van der Waals surface area contributed by atoms with E-state index in [1.165, 1.54) is 0 Å². The molecule has 0 unspecified atom stereocenters. The maximum Gasteiger partial charge on any atom is 0.0711 e. The normalized spacial score (nSPS) is 12.1. The Bertz CT molecular complexity index is 543. The fraction of sp³-hybridized carbons (Fsp3) is 0.214. The van der Waals surface area contributed by atoms with Crippen molar-refractivity contribution >= 4 is 27.5 Å². The van der Waals surface area contributed by atoms with Gasteiger partial charge in [-0.15, -0.1) is 0 Å². The first-order valence-corrected chi connectivity index (χ1v) is 5.82. The van der Waals surface area contributed by atoms with Crippen LogP contribution in [0.4, 0.5) is 0 Å². The van der Waals surface area contributed by atoms with E-state index in [0.717, 1.165) is 33.6 Å². The van der Waals surface area contributed by atoms with Crippen LogP contribution in [0.15, 0.2) is 36.4 Å². The second kappa shape index (κ2) is 4.67. The summed E-state index contributed by atoms with van der Waals surface area (Å²) in [6.45, 7) is 4.07. The molecule has 0 aliphatic heterocycles. The monoisotopic (exact) mass is 231 g/mol. The van der Waals surface area contributed by atoms with E-state index in [0.29, 0.717) is 0 Å². The smallest absolute Gasteiger partial charge is 0.0711 e. The number of pyridine rings is 1. The lowest BCUT2D eigenvalue weighted by Gasteiger charge is -2.05. The van der Waals surface area contributed by atoms with Gasteiger partial charge in [-0.25, -0.2) is 0 Å². The second-order valence-corrected chi connectivity index (χ2v) is 4.19. The van der Waals surface area contributed by atoms with Gasteiger partial charge in [0.25, 0.3) is 0 Å². The van der Waals surface area contributed by atoms with Gasteiger partial charge in [-0.2, -0.15) is 0 Å². The molecule has 0 bridgehead atoms. The number of rotatable bonds is 2. The van der Waals surface area contributed by atoms with E-state index in [1.54, 1.807) is 0 Å². The molecular weight excluding hydrogens is 218 g/mol. The van der Waals surface area contributed by atoms with Gasteiger partial charge in [-0.05, 0) is 25.5 Å². The van der Waals surface area contributed by atoms with Crippen molar-refractivity contribution in [2.75, 3.05) is 0 Å². The molecule has 2 heteroatoms. The van der Waals surface area contributed by atoms with Gasteiger partial charge in [0.15, 0.2) is 0 Å². The largest absolute Gasteiger partial charge is 0.253 e. The third-order valence-electron chi connectivity index (χ3n) is 2.51. The zero-order chi connectivity index (χ0) is 11.5. The highest BCUT2D eigenvalue weighted by Crippen LogP contribution is 2.27. The summed E-state index contributed by atoms with van der Waals surface area (Å²) in [5, 5.41) is 1.92. The van der Waals surface area contributed by atoms with Crippen LogP contribution in [0.2, 0.25) is 0 Å². The molecule has 82 valence electrons. The quantitative estimate of drug-likeness (QED) is 0.740. The van der Waals surface area contributed by atoms with Gasteiger partial charge >= 0.3 is 0 Å². The van der Waals surface area contributed by atoms with Crippen LogP contribution in [-0.4, -0.2) is 4.98 Å². The first-order chi connectivity index (χ1) is 7.72. The van der Waals surface area contributed by atoms with Gasteiger partial charge in [0.05, 0.1) is 5.52 Å². The molecule has 0 spiro atoms. The molecule has 1 aromatic carbocycles. The van der Waals surface area contributed by atoms with Crippen molar-refractivity contribution in [2.45, 2.75) is 20.3 Å². The number of allylic oxidation sites excluding steroid dienone is 1. The molecule has 0 aliphatic rings. The highest BCUT2D eigenvalue weighted by atomic mass is 35.5. The highest BCUT2D eigenvalue weighted by molar-refractivity contribution is 6.49. The summed E-state index contributed by atoms with van der Waals surface area (Å²) in [5.41, 5.74) is 3.09. The van der Waals surface area contributed by atoms with E-state index in [4.69, 9.17) is 11.6 Å². The van der Waals surface area contributed by atoms with Crippen LogP contribution in [0, 0.1) is 6.92 Å². The second-order valence-electron chi connectivity index (χ2n) is 3.79. The van der Waals surface area contributed by atoms with E-state index in [2.05, 4.69) is 18.0 Å². The molecule has 0 radical (unpaired) electrons. The van der Waals surface area contributed by atoms with Gasteiger partial charge in [-0.3, -0.25) is 4.98 Å². The number of fused-ring (bicyclic) bond motifs is 1. The lowest BCUT2D eigenvalue weighted by molar-refractivity contribution is 1.23. The predicted octanol–water partition coefficient (Wildman–Crippen LogP) is 4.53. The fourth-order valence-corrected chi connectivity index (χ4v) is 2.07. The van der Waals surface area contributed by atoms with Gasteiger partial charge in [0.1, 0.15) is 0 Å². The molecule has 0 saturated carbocycles. The average Bonchev–Trinajstić information content (AvgIpc) is 2.28. The average molecular weight is 232 g/mol. The third-order valence-corrected chi connectivity index (χ3v) is 2.87. The maximum atomic E-state index is 6.26. The Kier molecular flexibility index (Phi) is 3.25. The SMILES string of the molecule is CC/C=C(\Cl)c1cccc2nc(C)ccc12. The van der Waals surface area contributed by atoms with Crippen molar-refractivity contribution in [1.29, 1.82) is 0 Å². The minimum atomic E-state index is 0.804. The Morgan fingerprint density at radius 1 is 1.31 bits per heavy atom. The van der Waals surface area contributed by atoms with Crippen molar-refractivity contribution in [1.82, 2.24) is 4.98 Å². The number of halogens is 1. The summed E-state index contributed by atoms with van der Waals surface area (Å²) in [6, 6.07) is 10.1. The summed E-state index contributed by atoms with van der Waals surface area (Å²) < 4.78 is 0. The zero-order valence-electron chi connectivity index (χ0n) is 9.50. The van der Waals surface area contributed by atoms with Crippen molar-refractivity contribution < 1.29 is 0 Å². The van der Waals surface area contributed by atoms with Crippen molar-refractivity contribution in [2.24, 2.45) is 0 Å². The van der Waals surface area contributed by atoms with Crippen LogP contribution in [0.1, 0.15) is 24.6 Å². The molecular formula is C14H14ClN. The molecule has 0 fully saturated rings. The van der Waals surface area contributed by atoms with Gasteiger partial charge in [-0.1, -0.05) is 42.8 Å². The van der Waals surface area contributed by atoms with Crippen LogP contribution < -0.4 is 0 Å². The van der Waals surface area contributed by atoms with Crippen LogP contribution in [0.3, 0.4) is 0 Å². The number of hydrogen-bond donors (Lipinski definition) is 0. The van der Waals surface area contributed by atoms with E-state index >= 15 is 0 Å². The van der Waals surface area contributed by atoms with Crippen LogP contribution >= 0.6 is 11.6 Å². The topological polar surface area (TPSA) is 12.9 Å². The Balaban J connectivity index is 2.67. The zero-order valence-corrected chi connectivity index (χ0v) is 10.3. The van der Waals surface area contributed by atoms with Gasteiger partial charge in [0, 0.05) is 21.7 Å². The van der Waals surface area contributed by atoms with Crippen molar-refractivity contribution in [3.05, 3.63) is 47.7 Å². The first-order valence-electron chi connectivity index (χ1n) is 5.44. The summed E-state index contributed by atoms with van der Waals surface area (Å²) in [6.07, 6.45) is 2.96. The fourth-order valence-electron chi connectivity index (χ4n) is 1.75. The number of nitrogens with zero attached hydrogens (tertiary/aromatic N) is 1. The Morgan fingerprint density at radius 2 is 2.12 bits per heavy atom. The minimum absolute atomic E-state index is 0.804. The van der Waals surface area contributed by atoms with E-state index < -0.39 is 0 Å². The van der Waals surface area contributed by atoms with Crippen molar-refractivity contribution in [3.63, 3.8) is 0 Å². The Labute approximate surface area is 101 Å². The Morgan fingerprint density at radius 3 is 2.88 bits per heavy atom. The van der Waals surface area contributed by atoms with E-state index in [1.807, 2.05) is 37.3 Å². The Hall–Kier alpha value is -1.34. The standard InChI is InChI=1S/C14H14ClN/c1-3-5-13(15)11-6-4-7-14-12(11)9-8-10(2)16-14/h4-9H,3H2,1-2H3/b13-5-. The molecule has 2 aromatic rings. The molecule has 0 aliphatic carbocycles. The molecule has 1 aromatic heterocycles. The summed E-state index contributed by atoms with van der Waals surface area (Å²) in [4.78, 5) is 4.49. The third kappa shape index (κ3) is 2.10. The molecule has 0 N–H and O–H groups in total. The summed E-state index contributed by atoms with van der Waals surface area (Å²) >= 11 is 6.26. The maximum absolute atomic E-state index is 6.26. The number of aryl methyl sites for hydroxylation is 1. The van der Waals surface area contributed by atoms with Crippen LogP contribution in [-0.2, 0) is 0 Å². The molecule has 0 saturated heterocycles. The summed E-state index contributed by atoms with van der Waals surface area (Å²) in [7, 11) is 0. The molecule has 1 heterocycles. The van der Waals surface area contributed by atoms with Crippen molar-refractivity contribution in [3.8, 4) is 0 Å². The van der Waals surface area contributed by atoms with E-state index in [9.17, 15) is 0 Å². The predicted molar refractivity (Wildman–Crippen MR) is 70.6 cm³/mol. The first kappa shape index (κ1) is 11.2. The minimum Gasteiger partial charge on any atom is -0.253 e. The molecule has 2 rings (SSSR count). The van der Waals surface area contributed by atoms with Gasteiger partial charge < -0.3 is 0 Å². The lowest BCUT2D eigenvalue weighted by atomic mass is 10.1. The molecule has 0 amide bonds. The van der Waals surface area contributed by atoms with Gasteiger partial charge in [0.2, 0.25) is 0 Å². The van der Waals surface area contributed by atoms with E-state index in [-0.39, 0.29) is 0 Å². The number of hydrogen-bond acceptors (Lipinski definition) is 1. The molecule has 16 heavy (non-hydrogen) atoms. The highest BCUT2D eigenvalue weighted by Gasteiger charge is 2.04. The molecule has 0 atom stereocenters. The van der Waals surface area contributed by atoms with Crippen LogP contribution in [0.25, 0.3) is 15.9 Å².